The molecule has 12 heteroatoms. The van der Waals surface area contributed by atoms with E-state index in [2.05, 4.69) is 91.7 Å². The summed E-state index contributed by atoms with van der Waals surface area (Å²) in [6, 6.07) is 13.3. The van der Waals surface area contributed by atoms with E-state index in [4.69, 9.17) is 4.74 Å². The highest BCUT2D eigenvalue weighted by molar-refractivity contribution is 5.89. The zero-order valence-corrected chi connectivity index (χ0v) is 26.0. The molecule has 45 heavy (non-hydrogen) atoms. The molecule has 2 aromatic rings. The van der Waals surface area contributed by atoms with Crippen LogP contribution in [0, 0.1) is 5.92 Å². The highest BCUT2D eigenvalue weighted by atomic mass is 16.5. The zero-order valence-electron chi connectivity index (χ0n) is 26.0. The Bertz CT molecular complexity index is 1460. The van der Waals surface area contributed by atoms with Crippen molar-refractivity contribution < 1.29 is 14.3 Å². The Labute approximate surface area is 264 Å². The molecular weight excluding hydrogens is 570 g/mol. The molecule has 0 spiro atoms. The van der Waals surface area contributed by atoms with Crippen molar-refractivity contribution >= 4 is 34.0 Å². The Morgan fingerprint density at radius 1 is 0.911 bits per heavy atom. The summed E-state index contributed by atoms with van der Waals surface area (Å²) in [4.78, 5) is 33.5. The minimum atomic E-state index is -0.217. The molecule has 2 aromatic carbocycles. The Morgan fingerprint density at radius 2 is 1.76 bits per heavy atom. The van der Waals surface area contributed by atoms with Crippen molar-refractivity contribution in [1.29, 1.82) is 0 Å². The van der Waals surface area contributed by atoms with Crippen LogP contribution in [-0.2, 0) is 14.3 Å². The molecule has 0 aromatic heterocycles. The first-order chi connectivity index (χ1) is 22.0. The maximum atomic E-state index is 13.8. The van der Waals surface area contributed by atoms with E-state index in [9.17, 15) is 9.59 Å². The quantitative estimate of drug-likeness (QED) is 0.375. The molecule has 0 radical (unpaired) electrons. The lowest BCUT2D eigenvalue weighted by atomic mass is 9.99. The molecule has 0 saturated carbocycles. The lowest BCUT2D eigenvalue weighted by molar-refractivity contribution is -0.176. The van der Waals surface area contributed by atoms with Crippen molar-refractivity contribution in [2.75, 3.05) is 69.7 Å². The third-order valence-electron chi connectivity index (χ3n) is 10.5. The molecule has 6 heterocycles. The van der Waals surface area contributed by atoms with E-state index in [-0.39, 0.29) is 55.2 Å². The van der Waals surface area contributed by atoms with Gasteiger partial charge in [0.15, 0.2) is 0 Å². The molecule has 8 rings (SSSR count). The Hall–Kier alpha value is -3.26. The standard InChI is InChI=1S/C33H45N9O3/c1-38-14-16-39(17-15-38)25-9-7-22-18-24(8-6-23(22)19-25)35-33-34-20-26-30(37-33)42-28-11-10-27-31(36-28)40(29(43)21-45-27)12-4-2-3-5-13-41(42)32(26)44/h3,5-9,18-19,26-28,30-31,33-37H,2,4,10-17,20-21H2,1H3/b5-3-. The average Bonchev–Trinajstić information content (AvgIpc) is 3.33. The fourth-order valence-corrected chi connectivity index (χ4v) is 7.92. The number of carbonyl (C=O) groups excluding carboxylic acids is 2. The normalized spacial score (nSPS) is 33.8. The summed E-state index contributed by atoms with van der Waals surface area (Å²) >= 11 is 0. The second-order valence-electron chi connectivity index (χ2n) is 13.3. The monoisotopic (exact) mass is 615 g/mol. The number of rotatable bonds is 3. The predicted octanol–water partition coefficient (Wildman–Crippen LogP) is 1.09. The molecule has 240 valence electrons. The van der Waals surface area contributed by atoms with E-state index in [0.717, 1.165) is 57.5 Å². The number of allylic oxidation sites excluding steroid dienone is 1. The van der Waals surface area contributed by atoms with Gasteiger partial charge in [0, 0.05) is 50.6 Å². The fraction of sp³-hybridized carbons (Fsp3) is 0.576. The number of nitrogens with one attached hydrogen (secondary N) is 4. The van der Waals surface area contributed by atoms with Gasteiger partial charge in [0.2, 0.25) is 11.8 Å². The fourth-order valence-electron chi connectivity index (χ4n) is 7.92. The molecule has 5 saturated heterocycles. The number of carbonyl (C=O) groups is 2. The zero-order chi connectivity index (χ0) is 30.5. The smallest absolute Gasteiger partial charge is 0.249 e. The van der Waals surface area contributed by atoms with Gasteiger partial charge in [-0.1, -0.05) is 24.3 Å². The number of ether oxygens (including phenoxy) is 1. The van der Waals surface area contributed by atoms with Crippen LogP contribution in [0.1, 0.15) is 25.7 Å². The molecule has 0 aliphatic carbocycles. The van der Waals surface area contributed by atoms with Crippen LogP contribution in [0.4, 0.5) is 11.4 Å². The highest BCUT2D eigenvalue weighted by Crippen LogP contribution is 2.34. The number of morpholine rings is 1. The molecule has 2 bridgehead atoms. The second kappa shape index (κ2) is 12.2. The minimum Gasteiger partial charge on any atom is -0.369 e. The maximum absolute atomic E-state index is 13.8. The third-order valence-corrected chi connectivity index (χ3v) is 10.5. The average molecular weight is 616 g/mol. The van der Waals surface area contributed by atoms with Gasteiger partial charge in [-0.2, -0.15) is 5.01 Å². The third kappa shape index (κ3) is 5.57. The van der Waals surface area contributed by atoms with E-state index in [1.165, 1.54) is 16.5 Å². The van der Waals surface area contributed by atoms with E-state index in [1.54, 1.807) is 0 Å². The van der Waals surface area contributed by atoms with Gasteiger partial charge in [-0.05, 0) is 67.8 Å². The van der Waals surface area contributed by atoms with Crippen molar-refractivity contribution in [3.63, 3.8) is 0 Å². The van der Waals surface area contributed by atoms with Gasteiger partial charge in [0.25, 0.3) is 0 Å². The Morgan fingerprint density at radius 3 is 2.64 bits per heavy atom. The number of hydrazine groups is 1. The first kappa shape index (κ1) is 29.2. The molecule has 6 aliphatic rings. The van der Waals surface area contributed by atoms with Crippen LogP contribution in [0.5, 0.6) is 0 Å². The van der Waals surface area contributed by atoms with Crippen molar-refractivity contribution in [2.24, 2.45) is 5.92 Å². The van der Waals surface area contributed by atoms with Gasteiger partial charge in [-0.15, -0.1) is 0 Å². The molecule has 6 atom stereocenters. The van der Waals surface area contributed by atoms with Gasteiger partial charge in [0.05, 0.1) is 30.9 Å². The van der Waals surface area contributed by atoms with Crippen molar-refractivity contribution in [3.8, 4) is 0 Å². The van der Waals surface area contributed by atoms with Crippen LogP contribution in [-0.4, -0.2) is 122 Å². The van der Waals surface area contributed by atoms with E-state index >= 15 is 0 Å². The molecule has 6 unspecified atom stereocenters. The summed E-state index contributed by atoms with van der Waals surface area (Å²) in [6.07, 6.45) is 6.95. The van der Waals surface area contributed by atoms with Crippen molar-refractivity contribution in [1.82, 2.24) is 35.8 Å². The summed E-state index contributed by atoms with van der Waals surface area (Å²) in [5.41, 5.74) is 2.30. The van der Waals surface area contributed by atoms with Gasteiger partial charge in [-0.3, -0.25) is 30.5 Å². The summed E-state index contributed by atoms with van der Waals surface area (Å²) in [5, 5.41) is 21.2. The summed E-state index contributed by atoms with van der Waals surface area (Å²) in [7, 11) is 2.18. The van der Waals surface area contributed by atoms with Gasteiger partial charge in [0.1, 0.15) is 19.1 Å². The lowest BCUT2D eigenvalue weighted by Crippen LogP contribution is -2.72. The number of fused-ring (bicyclic) bond motifs is 6. The minimum absolute atomic E-state index is 0.0269. The van der Waals surface area contributed by atoms with Gasteiger partial charge < -0.3 is 24.8 Å². The van der Waals surface area contributed by atoms with Crippen LogP contribution in [0.2, 0.25) is 0 Å². The molecule has 5 fully saturated rings. The molecule has 6 aliphatic heterocycles. The van der Waals surface area contributed by atoms with Crippen LogP contribution in [0.15, 0.2) is 48.6 Å². The number of hydrogen-bond acceptors (Lipinski definition) is 10. The summed E-state index contributed by atoms with van der Waals surface area (Å²) < 4.78 is 5.96. The van der Waals surface area contributed by atoms with Crippen LogP contribution < -0.4 is 26.2 Å². The number of hydrogen-bond donors (Lipinski definition) is 4. The molecule has 12 nitrogen and oxygen atoms in total. The van der Waals surface area contributed by atoms with Crippen LogP contribution in [0.25, 0.3) is 10.8 Å². The topological polar surface area (TPSA) is 108 Å². The van der Waals surface area contributed by atoms with Crippen molar-refractivity contribution in [2.45, 2.75) is 56.6 Å². The second-order valence-corrected chi connectivity index (χ2v) is 13.3. The largest absolute Gasteiger partial charge is 0.369 e. The van der Waals surface area contributed by atoms with E-state index in [1.807, 2.05) is 9.91 Å². The first-order valence-electron chi connectivity index (χ1n) is 16.7. The Balaban J connectivity index is 1.00. The van der Waals surface area contributed by atoms with Crippen LogP contribution >= 0.6 is 0 Å². The van der Waals surface area contributed by atoms with Gasteiger partial charge >= 0.3 is 0 Å². The van der Waals surface area contributed by atoms with Crippen molar-refractivity contribution in [3.05, 3.63) is 48.6 Å². The SMILES string of the molecule is CN1CCN(c2ccc3cc(NC4NCC5C(=O)N6C/C=C\CCCN7C(=O)COC8CCC(NC87)N6C5N4)ccc3c2)CC1. The van der Waals surface area contributed by atoms with Crippen LogP contribution in [0.3, 0.4) is 0 Å². The first-order valence-corrected chi connectivity index (χ1v) is 16.7. The number of amides is 2. The predicted molar refractivity (Wildman–Crippen MR) is 173 cm³/mol. The maximum Gasteiger partial charge on any atom is 0.249 e. The number of anilines is 2. The van der Waals surface area contributed by atoms with E-state index in [0.29, 0.717) is 19.6 Å². The highest BCUT2D eigenvalue weighted by Gasteiger charge is 2.53. The molecule has 4 N–H and O–H groups in total. The van der Waals surface area contributed by atoms with E-state index < -0.39 is 0 Å². The number of benzene rings is 2. The number of likely N-dealkylation sites (N-methyl/N-ethyl adjacent to an activating group) is 1. The Kier molecular flexibility index (Phi) is 7.88. The number of nitrogens with zero attached hydrogens (tertiary/aromatic N) is 5. The molecular formula is C33H45N9O3. The summed E-state index contributed by atoms with van der Waals surface area (Å²) in [6.45, 7) is 6.25. The number of piperidine rings is 1. The lowest BCUT2D eigenvalue weighted by Gasteiger charge is -2.50. The van der Waals surface area contributed by atoms with Gasteiger partial charge in [-0.25, -0.2) is 0 Å². The molecule has 2 amide bonds. The number of piperazine rings is 1. The summed E-state index contributed by atoms with van der Waals surface area (Å²) in [5.74, 6) is -0.0577.